The molecule has 0 fully saturated rings. The summed E-state index contributed by atoms with van der Waals surface area (Å²) in [6, 6.07) is 0. The molecule has 0 saturated carbocycles. The Kier molecular flexibility index (Phi) is 1.77. The molecule has 0 radical (unpaired) electrons. The zero-order chi connectivity index (χ0) is 9.42. The number of nitrogens with two attached hydrogens (primary N) is 1. The molecule has 0 aliphatic rings. The topological polar surface area (TPSA) is 76.7 Å². The summed E-state index contributed by atoms with van der Waals surface area (Å²) in [6.45, 7) is 1.87. The molecule has 0 aromatic carbocycles. The second-order valence-corrected chi connectivity index (χ2v) is 3.57. The Hall–Kier alpha value is -1.43. The van der Waals surface area contributed by atoms with Crippen LogP contribution in [0.25, 0.3) is 10.3 Å². The molecular weight excluding hydrogens is 186 g/mol. The first-order chi connectivity index (χ1) is 6.20. The maximum absolute atomic E-state index is 5.51. The van der Waals surface area contributed by atoms with Crippen LogP contribution in [0, 0.1) is 6.92 Å². The van der Waals surface area contributed by atoms with Crippen molar-refractivity contribution in [3.8, 4) is 0 Å². The SMILES string of the molecule is CNc1nc2c(C)nc(N)nc2s1. The van der Waals surface area contributed by atoms with Crippen molar-refractivity contribution in [1.82, 2.24) is 15.0 Å². The van der Waals surface area contributed by atoms with Gasteiger partial charge in [0.1, 0.15) is 5.52 Å². The highest BCUT2D eigenvalue weighted by molar-refractivity contribution is 7.21. The number of hydrogen-bond acceptors (Lipinski definition) is 6. The van der Waals surface area contributed by atoms with Crippen molar-refractivity contribution < 1.29 is 0 Å². The molecule has 0 saturated heterocycles. The Bertz CT molecular complexity index is 449. The van der Waals surface area contributed by atoms with Crippen molar-refractivity contribution in [1.29, 1.82) is 0 Å². The van der Waals surface area contributed by atoms with Gasteiger partial charge in [-0.15, -0.1) is 0 Å². The van der Waals surface area contributed by atoms with Gasteiger partial charge in [-0.3, -0.25) is 0 Å². The third kappa shape index (κ3) is 1.29. The van der Waals surface area contributed by atoms with E-state index in [2.05, 4.69) is 20.3 Å². The van der Waals surface area contributed by atoms with Crippen LogP contribution in [0.15, 0.2) is 0 Å². The van der Waals surface area contributed by atoms with Crippen molar-refractivity contribution in [2.45, 2.75) is 6.92 Å². The van der Waals surface area contributed by atoms with Gasteiger partial charge in [0.25, 0.3) is 0 Å². The molecule has 2 aromatic rings. The number of fused-ring (bicyclic) bond motifs is 1. The van der Waals surface area contributed by atoms with Crippen molar-refractivity contribution in [2.24, 2.45) is 0 Å². The first kappa shape index (κ1) is 8.18. The normalized spacial score (nSPS) is 10.6. The number of aryl methyl sites for hydroxylation is 1. The number of nitrogens with zero attached hydrogens (tertiary/aromatic N) is 3. The second-order valence-electron chi connectivity index (χ2n) is 2.59. The lowest BCUT2D eigenvalue weighted by Gasteiger charge is -1.93. The van der Waals surface area contributed by atoms with Gasteiger partial charge in [0.15, 0.2) is 9.96 Å². The fourth-order valence-corrected chi connectivity index (χ4v) is 1.94. The van der Waals surface area contributed by atoms with E-state index in [-0.39, 0.29) is 0 Å². The minimum atomic E-state index is 0.302. The van der Waals surface area contributed by atoms with Gasteiger partial charge in [-0.05, 0) is 6.92 Å². The molecule has 68 valence electrons. The van der Waals surface area contributed by atoms with Crippen molar-refractivity contribution in [2.75, 3.05) is 18.1 Å². The van der Waals surface area contributed by atoms with E-state index >= 15 is 0 Å². The molecule has 6 heteroatoms. The molecule has 2 rings (SSSR count). The van der Waals surface area contributed by atoms with Crippen LogP contribution in [0.3, 0.4) is 0 Å². The highest BCUT2D eigenvalue weighted by atomic mass is 32.1. The van der Waals surface area contributed by atoms with Crippen LogP contribution in [-0.2, 0) is 0 Å². The van der Waals surface area contributed by atoms with Gasteiger partial charge in [-0.2, -0.15) is 0 Å². The zero-order valence-electron chi connectivity index (χ0n) is 7.33. The van der Waals surface area contributed by atoms with E-state index in [0.29, 0.717) is 5.95 Å². The fraction of sp³-hybridized carbons (Fsp3) is 0.286. The maximum atomic E-state index is 5.51. The van der Waals surface area contributed by atoms with E-state index in [1.165, 1.54) is 11.3 Å². The van der Waals surface area contributed by atoms with Gasteiger partial charge in [0.2, 0.25) is 5.95 Å². The van der Waals surface area contributed by atoms with Gasteiger partial charge < -0.3 is 11.1 Å². The minimum absolute atomic E-state index is 0.302. The molecule has 0 aliphatic carbocycles. The molecule has 0 aliphatic heterocycles. The van der Waals surface area contributed by atoms with Crippen LogP contribution in [0.4, 0.5) is 11.1 Å². The summed E-state index contributed by atoms with van der Waals surface area (Å²) >= 11 is 1.47. The molecule has 2 aromatic heterocycles. The van der Waals surface area contributed by atoms with Crippen LogP contribution in [0.5, 0.6) is 0 Å². The van der Waals surface area contributed by atoms with Crippen molar-refractivity contribution in [3.63, 3.8) is 0 Å². The molecule has 0 amide bonds. The molecule has 0 atom stereocenters. The molecular formula is C7H9N5S. The molecule has 3 N–H and O–H groups in total. The van der Waals surface area contributed by atoms with Gasteiger partial charge in [-0.1, -0.05) is 11.3 Å². The fourth-order valence-electron chi connectivity index (χ4n) is 1.08. The molecule has 0 unspecified atom stereocenters. The lowest BCUT2D eigenvalue weighted by molar-refractivity contribution is 1.16. The molecule has 0 spiro atoms. The quantitative estimate of drug-likeness (QED) is 0.710. The Labute approximate surface area is 79.0 Å². The highest BCUT2D eigenvalue weighted by Gasteiger charge is 2.07. The van der Waals surface area contributed by atoms with E-state index in [9.17, 15) is 0 Å². The largest absolute Gasteiger partial charge is 0.368 e. The molecule has 2 heterocycles. The van der Waals surface area contributed by atoms with Gasteiger partial charge in [0.05, 0.1) is 5.69 Å². The predicted molar refractivity (Wildman–Crippen MR) is 53.9 cm³/mol. The molecule has 5 nitrogen and oxygen atoms in total. The average molecular weight is 195 g/mol. The third-order valence-corrected chi connectivity index (χ3v) is 2.63. The zero-order valence-corrected chi connectivity index (χ0v) is 8.14. The third-order valence-electron chi connectivity index (χ3n) is 1.66. The average Bonchev–Trinajstić information content (AvgIpc) is 2.47. The number of nitrogen functional groups attached to an aromatic ring is 1. The van der Waals surface area contributed by atoms with Gasteiger partial charge >= 0.3 is 0 Å². The van der Waals surface area contributed by atoms with Crippen LogP contribution in [0.1, 0.15) is 5.69 Å². The van der Waals surface area contributed by atoms with E-state index in [0.717, 1.165) is 21.2 Å². The summed E-state index contributed by atoms with van der Waals surface area (Å²) in [5.41, 5.74) is 7.15. The Morgan fingerprint density at radius 1 is 1.31 bits per heavy atom. The predicted octanol–water partition coefficient (Wildman–Crippen LogP) is 1.02. The summed E-state index contributed by atoms with van der Waals surface area (Å²) < 4.78 is 0. The summed E-state index contributed by atoms with van der Waals surface area (Å²) in [4.78, 5) is 13.2. The van der Waals surface area contributed by atoms with E-state index < -0.39 is 0 Å². The standard InChI is InChI=1S/C7H9N5S/c1-3-4-5(12-6(8)10-3)13-7(9-2)11-4/h1-2H3,(H,9,11)(H2,8,10,12). The Balaban J connectivity index is 2.75. The summed E-state index contributed by atoms with van der Waals surface area (Å²) in [5.74, 6) is 0.302. The van der Waals surface area contributed by atoms with Crippen LogP contribution in [-0.4, -0.2) is 22.0 Å². The lowest BCUT2D eigenvalue weighted by Crippen LogP contribution is -1.96. The van der Waals surface area contributed by atoms with Gasteiger partial charge in [0, 0.05) is 7.05 Å². The van der Waals surface area contributed by atoms with Crippen molar-refractivity contribution in [3.05, 3.63) is 5.69 Å². The first-order valence-electron chi connectivity index (χ1n) is 3.79. The summed E-state index contributed by atoms with van der Waals surface area (Å²) in [6.07, 6.45) is 0. The highest BCUT2D eigenvalue weighted by Crippen LogP contribution is 2.25. The maximum Gasteiger partial charge on any atom is 0.221 e. The molecule has 0 bridgehead atoms. The monoisotopic (exact) mass is 195 g/mol. The second kappa shape index (κ2) is 2.81. The number of aromatic nitrogens is 3. The number of nitrogens with one attached hydrogen (secondary N) is 1. The van der Waals surface area contributed by atoms with Crippen LogP contribution >= 0.6 is 11.3 Å². The number of anilines is 2. The van der Waals surface area contributed by atoms with E-state index in [1.807, 2.05) is 14.0 Å². The summed E-state index contributed by atoms with van der Waals surface area (Å²) in [7, 11) is 1.82. The van der Waals surface area contributed by atoms with Crippen LogP contribution < -0.4 is 11.1 Å². The van der Waals surface area contributed by atoms with Crippen LogP contribution in [0.2, 0.25) is 0 Å². The van der Waals surface area contributed by atoms with Gasteiger partial charge in [-0.25, -0.2) is 15.0 Å². The smallest absolute Gasteiger partial charge is 0.221 e. The lowest BCUT2D eigenvalue weighted by atomic mass is 10.4. The summed E-state index contributed by atoms with van der Waals surface area (Å²) in [5, 5.41) is 3.79. The number of thiazole rings is 1. The first-order valence-corrected chi connectivity index (χ1v) is 4.61. The van der Waals surface area contributed by atoms with E-state index in [4.69, 9.17) is 5.73 Å². The number of rotatable bonds is 1. The number of hydrogen-bond donors (Lipinski definition) is 2. The molecule has 13 heavy (non-hydrogen) atoms. The Morgan fingerprint density at radius 3 is 2.77 bits per heavy atom. The van der Waals surface area contributed by atoms with Crippen molar-refractivity contribution >= 4 is 32.8 Å². The Morgan fingerprint density at radius 2 is 2.08 bits per heavy atom. The minimum Gasteiger partial charge on any atom is -0.368 e. The van der Waals surface area contributed by atoms with E-state index in [1.54, 1.807) is 0 Å².